The van der Waals surface area contributed by atoms with Crippen molar-refractivity contribution in [3.63, 3.8) is 0 Å². The molecule has 1 rings (SSSR count). The Morgan fingerprint density at radius 2 is 2.15 bits per heavy atom. The van der Waals surface area contributed by atoms with Crippen molar-refractivity contribution in [2.24, 2.45) is 5.41 Å². The molecular formula is C12H18O. The molecule has 1 aliphatic carbocycles. The molecule has 0 amide bonds. The first kappa shape index (κ1) is 10.2. The summed E-state index contributed by atoms with van der Waals surface area (Å²) in [6.07, 6.45) is 6.80. The van der Waals surface area contributed by atoms with Crippen molar-refractivity contribution in [3.8, 4) is 0 Å². The standard InChI is InChI=1S/C12H18O/c1-4-6-12(9-13)7-5-10(2)11(3)8-12/h4,9H,1,5-8H2,2-3H3/t12-/m1/s1. The largest absolute Gasteiger partial charge is 0.303 e. The molecular weight excluding hydrogens is 160 g/mol. The van der Waals surface area contributed by atoms with Crippen LogP contribution >= 0.6 is 0 Å². The molecule has 0 saturated carbocycles. The molecule has 0 bridgehead atoms. The highest BCUT2D eigenvalue weighted by atomic mass is 16.1. The Bertz CT molecular complexity index is 250. The SMILES string of the molecule is C=CC[C@@]1(C=O)CCC(C)=C(C)C1. The molecule has 0 radical (unpaired) electrons. The molecule has 0 saturated heterocycles. The molecule has 72 valence electrons. The van der Waals surface area contributed by atoms with Crippen LogP contribution < -0.4 is 0 Å². The molecule has 0 N–H and O–H groups in total. The second kappa shape index (κ2) is 3.91. The van der Waals surface area contributed by atoms with Gasteiger partial charge in [-0.05, 0) is 39.5 Å². The number of carbonyl (C=O) groups excluding carboxylic acids is 1. The van der Waals surface area contributed by atoms with E-state index in [1.54, 1.807) is 0 Å². The van der Waals surface area contributed by atoms with Gasteiger partial charge in [0.15, 0.2) is 0 Å². The minimum atomic E-state index is -0.134. The predicted octanol–water partition coefficient (Wildman–Crippen LogP) is 3.27. The Morgan fingerprint density at radius 1 is 1.46 bits per heavy atom. The normalized spacial score (nSPS) is 28.8. The summed E-state index contributed by atoms with van der Waals surface area (Å²) in [7, 11) is 0. The molecule has 0 unspecified atom stereocenters. The average Bonchev–Trinajstić information content (AvgIpc) is 2.12. The quantitative estimate of drug-likeness (QED) is 0.479. The molecule has 0 fully saturated rings. The number of hydrogen-bond donors (Lipinski definition) is 0. The summed E-state index contributed by atoms with van der Waals surface area (Å²) in [6, 6.07) is 0. The van der Waals surface area contributed by atoms with Gasteiger partial charge in [-0.1, -0.05) is 17.2 Å². The number of hydrogen-bond acceptors (Lipinski definition) is 1. The molecule has 0 spiro atoms. The lowest BCUT2D eigenvalue weighted by atomic mass is 9.71. The van der Waals surface area contributed by atoms with Gasteiger partial charge in [-0.15, -0.1) is 6.58 Å². The van der Waals surface area contributed by atoms with Gasteiger partial charge in [0.05, 0.1) is 0 Å². The summed E-state index contributed by atoms with van der Waals surface area (Å²) in [4.78, 5) is 11.1. The van der Waals surface area contributed by atoms with E-state index in [9.17, 15) is 4.79 Å². The van der Waals surface area contributed by atoms with Gasteiger partial charge >= 0.3 is 0 Å². The van der Waals surface area contributed by atoms with E-state index in [1.807, 2.05) is 6.08 Å². The zero-order valence-electron chi connectivity index (χ0n) is 8.60. The van der Waals surface area contributed by atoms with Gasteiger partial charge in [-0.25, -0.2) is 0 Å². The van der Waals surface area contributed by atoms with Gasteiger partial charge in [0.25, 0.3) is 0 Å². The number of carbonyl (C=O) groups is 1. The highest BCUT2D eigenvalue weighted by Gasteiger charge is 2.31. The van der Waals surface area contributed by atoms with Crippen molar-refractivity contribution in [1.29, 1.82) is 0 Å². The minimum Gasteiger partial charge on any atom is -0.303 e. The van der Waals surface area contributed by atoms with Crippen molar-refractivity contribution in [1.82, 2.24) is 0 Å². The van der Waals surface area contributed by atoms with Crippen LogP contribution in [-0.2, 0) is 4.79 Å². The van der Waals surface area contributed by atoms with Crippen LogP contribution in [0.15, 0.2) is 23.8 Å². The van der Waals surface area contributed by atoms with Crippen molar-refractivity contribution >= 4 is 6.29 Å². The lowest BCUT2D eigenvalue weighted by Crippen LogP contribution is -2.25. The summed E-state index contributed by atoms with van der Waals surface area (Å²) in [5.41, 5.74) is 2.72. The fourth-order valence-electron chi connectivity index (χ4n) is 2.03. The molecule has 0 aromatic heterocycles. The maximum absolute atomic E-state index is 11.1. The van der Waals surface area contributed by atoms with E-state index < -0.39 is 0 Å². The lowest BCUT2D eigenvalue weighted by molar-refractivity contribution is -0.116. The summed E-state index contributed by atoms with van der Waals surface area (Å²) in [5.74, 6) is 0. The van der Waals surface area contributed by atoms with Crippen LogP contribution in [0, 0.1) is 5.41 Å². The summed E-state index contributed by atoms with van der Waals surface area (Å²) in [6.45, 7) is 8.02. The molecule has 0 aromatic rings. The van der Waals surface area contributed by atoms with E-state index in [-0.39, 0.29) is 5.41 Å². The molecule has 1 nitrogen and oxygen atoms in total. The Kier molecular flexibility index (Phi) is 3.07. The van der Waals surface area contributed by atoms with Gasteiger partial charge in [0, 0.05) is 5.41 Å². The Balaban J connectivity index is 2.83. The van der Waals surface area contributed by atoms with Gasteiger partial charge < -0.3 is 4.79 Å². The van der Waals surface area contributed by atoms with Crippen LogP contribution in [0.5, 0.6) is 0 Å². The average molecular weight is 178 g/mol. The first-order chi connectivity index (χ1) is 6.13. The number of allylic oxidation sites excluding steroid dienone is 3. The van der Waals surface area contributed by atoms with Gasteiger partial charge in [0.2, 0.25) is 0 Å². The second-order valence-electron chi connectivity index (χ2n) is 4.21. The monoisotopic (exact) mass is 178 g/mol. The summed E-state index contributed by atoms with van der Waals surface area (Å²) >= 11 is 0. The molecule has 1 atom stereocenters. The van der Waals surface area contributed by atoms with Crippen molar-refractivity contribution in [2.75, 3.05) is 0 Å². The summed E-state index contributed by atoms with van der Waals surface area (Å²) in [5, 5.41) is 0. The Hall–Kier alpha value is -0.850. The zero-order valence-corrected chi connectivity index (χ0v) is 8.60. The molecule has 0 aliphatic heterocycles. The molecule has 1 aliphatic rings. The maximum atomic E-state index is 11.1. The molecule has 1 heteroatoms. The van der Waals surface area contributed by atoms with Gasteiger partial charge in [-0.3, -0.25) is 0 Å². The fourth-order valence-corrected chi connectivity index (χ4v) is 2.03. The van der Waals surface area contributed by atoms with E-state index in [4.69, 9.17) is 0 Å². The van der Waals surface area contributed by atoms with Crippen molar-refractivity contribution in [2.45, 2.75) is 39.5 Å². The summed E-state index contributed by atoms with van der Waals surface area (Å²) < 4.78 is 0. The highest BCUT2D eigenvalue weighted by Crippen LogP contribution is 2.40. The lowest BCUT2D eigenvalue weighted by Gasteiger charge is -2.32. The Morgan fingerprint density at radius 3 is 2.62 bits per heavy atom. The van der Waals surface area contributed by atoms with Crippen molar-refractivity contribution in [3.05, 3.63) is 23.8 Å². The minimum absolute atomic E-state index is 0.134. The van der Waals surface area contributed by atoms with Crippen LogP contribution in [0.3, 0.4) is 0 Å². The topological polar surface area (TPSA) is 17.1 Å². The second-order valence-corrected chi connectivity index (χ2v) is 4.21. The Labute approximate surface area is 80.5 Å². The van der Waals surface area contributed by atoms with E-state index in [2.05, 4.69) is 20.4 Å². The third kappa shape index (κ3) is 2.09. The van der Waals surface area contributed by atoms with E-state index in [0.717, 1.165) is 32.0 Å². The van der Waals surface area contributed by atoms with Crippen LogP contribution in [0.25, 0.3) is 0 Å². The third-order valence-electron chi connectivity index (χ3n) is 3.14. The predicted molar refractivity (Wildman–Crippen MR) is 55.5 cm³/mol. The smallest absolute Gasteiger partial charge is 0.126 e. The first-order valence-electron chi connectivity index (χ1n) is 4.86. The maximum Gasteiger partial charge on any atom is 0.126 e. The van der Waals surface area contributed by atoms with Crippen LogP contribution in [0.1, 0.15) is 39.5 Å². The van der Waals surface area contributed by atoms with Crippen LogP contribution in [-0.4, -0.2) is 6.29 Å². The fraction of sp³-hybridized carbons (Fsp3) is 0.583. The number of aldehydes is 1. The molecule has 13 heavy (non-hydrogen) atoms. The third-order valence-corrected chi connectivity index (χ3v) is 3.14. The van der Waals surface area contributed by atoms with Gasteiger partial charge in [0.1, 0.15) is 6.29 Å². The van der Waals surface area contributed by atoms with E-state index in [1.165, 1.54) is 11.1 Å². The van der Waals surface area contributed by atoms with Crippen molar-refractivity contribution < 1.29 is 4.79 Å². The number of rotatable bonds is 3. The highest BCUT2D eigenvalue weighted by molar-refractivity contribution is 5.61. The van der Waals surface area contributed by atoms with Crippen LogP contribution in [0.2, 0.25) is 0 Å². The molecule has 0 aromatic carbocycles. The van der Waals surface area contributed by atoms with E-state index >= 15 is 0 Å². The molecule has 0 heterocycles. The zero-order chi connectivity index (χ0) is 9.90. The van der Waals surface area contributed by atoms with Crippen LogP contribution in [0.4, 0.5) is 0 Å². The van der Waals surface area contributed by atoms with Gasteiger partial charge in [-0.2, -0.15) is 0 Å². The first-order valence-corrected chi connectivity index (χ1v) is 4.86. The van der Waals surface area contributed by atoms with E-state index in [0.29, 0.717) is 0 Å².